The number of nitro groups is 1. The number of rotatable bonds is 6. The third kappa shape index (κ3) is 4.28. The van der Waals surface area contributed by atoms with Crippen LogP contribution in [0.1, 0.15) is 5.56 Å². The summed E-state index contributed by atoms with van der Waals surface area (Å²) in [7, 11) is 3.49. The fourth-order valence-electron chi connectivity index (χ4n) is 3.00. The molecular weight excluding hydrogens is 418 g/mol. The first kappa shape index (κ1) is 20.2. The monoisotopic (exact) mass is 435 g/mol. The number of para-hydroxylation sites is 1. The molecule has 0 unspecified atom stereocenters. The number of benzene rings is 2. The van der Waals surface area contributed by atoms with Crippen LogP contribution in [-0.4, -0.2) is 30.2 Å². The third-order valence-electron chi connectivity index (χ3n) is 4.47. The summed E-state index contributed by atoms with van der Waals surface area (Å²) in [6.45, 7) is 0. The van der Waals surface area contributed by atoms with Crippen molar-refractivity contribution in [2.45, 2.75) is 0 Å². The zero-order valence-corrected chi connectivity index (χ0v) is 17.4. The molecule has 0 aliphatic heterocycles. The summed E-state index contributed by atoms with van der Waals surface area (Å²) in [6, 6.07) is 13.9. The molecule has 0 aliphatic carbocycles. The average Bonchev–Trinajstić information content (AvgIpc) is 3.21. The predicted molar refractivity (Wildman–Crippen MR) is 122 cm³/mol. The molecule has 0 aliphatic rings. The second kappa shape index (κ2) is 8.36. The van der Waals surface area contributed by atoms with Gasteiger partial charge in [0, 0.05) is 36.5 Å². The summed E-state index contributed by atoms with van der Waals surface area (Å²) in [5, 5.41) is 18.4. The number of nitrogens with zero attached hydrogens (tertiary/aromatic N) is 4. The summed E-state index contributed by atoms with van der Waals surface area (Å²) >= 11 is 1.28. The van der Waals surface area contributed by atoms with Crippen molar-refractivity contribution >= 4 is 45.0 Å². The lowest BCUT2D eigenvalue weighted by Crippen LogP contribution is -2.11. The summed E-state index contributed by atoms with van der Waals surface area (Å²) < 4.78 is 5.35. The Morgan fingerprint density at radius 2 is 2.03 bits per heavy atom. The highest BCUT2D eigenvalue weighted by atomic mass is 32.1. The molecule has 2 heterocycles. The van der Waals surface area contributed by atoms with Gasteiger partial charge in [-0.05, 0) is 18.2 Å². The molecule has 156 valence electrons. The Kier molecular flexibility index (Phi) is 5.46. The number of hydrogen-bond donors (Lipinski definition) is 1. The maximum absolute atomic E-state index is 12.3. The zero-order chi connectivity index (χ0) is 22.0. The lowest BCUT2D eigenvalue weighted by molar-refractivity contribution is -0.384. The van der Waals surface area contributed by atoms with Gasteiger partial charge in [-0.3, -0.25) is 15.5 Å². The quantitative estimate of drug-likeness (QED) is 0.207. The number of hydrazone groups is 1. The Balaban J connectivity index is 1.53. The number of nitrogens with one attached hydrogen (secondary N) is 1. The molecule has 4 aromatic rings. The average molecular weight is 435 g/mol. The van der Waals surface area contributed by atoms with Crippen LogP contribution < -0.4 is 16.0 Å². The topological polar surface area (TPSA) is 114 Å². The van der Waals surface area contributed by atoms with E-state index in [0.717, 1.165) is 5.39 Å². The fourth-order valence-corrected chi connectivity index (χ4v) is 3.66. The van der Waals surface area contributed by atoms with E-state index in [1.54, 1.807) is 54.7 Å². The Morgan fingerprint density at radius 1 is 1.23 bits per heavy atom. The Labute approximate surface area is 180 Å². The maximum Gasteiger partial charge on any atom is 0.345 e. The van der Waals surface area contributed by atoms with Crippen LogP contribution in [0.25, 0.3) is 22.2 Å². The van der Waals surface area contributed by atoms with Crippen LogP contribution in [0.2, 0.25) is 0 Å². The van der Waals surface area contributed by atoms with E-state index < -0.39 is 10.5 Å². The highest BCUT2D eigenvalue weighted by Gasteiger charge is 2.15. The Bertz CT molecular complexity index is 1360. The van der Waals surface area contributed by atoms with Crippen LogP contribution >= 0.6 is 11.3 Å². The molecule has 0 saturated heterocycles. The smallest absolute Gasteiger partial charge is 0.345 e. The van der Waals surface area contributed by atoms with Gasteiger partial charge in [0.25, 0.3) is 5.69 Å². The summed E-state index contributed by atoms with van der Waals surface area (Å²) in [5.41, 5.74) is 4.75. The molecule has 0 saturated carbocycles. The van der Waals surface area contributed by atoms with Gasteiger partial charge in [-0.2, -0.15) is 5.10 Å². The molecule has 0 amide bonds. The highest BCUT2D eigenvalue weighted by Crippen LogP contribution is 2.28. The van der Waals surface area contributed by atoms with Gasteiger partial charge >= 0.3 is 5.63 Å². The van der Waals surface area contributed by atoms with Gasteiger partial charge in [-0.25, -0.2) is 9.78 Å². The van der Waals surface area contributed by atoms with Crippen LogP contribution in [0.15, 0.2) is 68.2 Å². The minimum Gasteiger partial charge on any atom is -0.422 e. The zero-order valence-electron chi connectivity index (χ0n) is 16.6. The highest BCUT2D eigenvalue weighted by molar-refractivity contribution is 7.14. The Morgan fingerprint density at radius 3 is 2.81 bits per heavy atom. The van der Waals surface area contributed by atoms with Gasteiger partial charge < -0.3 is 9.32 Å². The van der Waals surface area contributed by atoms with Gasteiger partial charge in [0.1, 0.15) is 11.3 Å². The number of anilines is 2. The Hall–Kier alpha value is -4.05. The number of nitro benzene ring substituents is 1. The predicted octanol–water partition coefficient (Wildman–Crippen LogP) is 4.34. The number of hydrogen-bond acceptors (Lipinski definition) is 9. The van der Waals surface area contributed by atoms with Crippen LogP contribution in [0.4, 0.5) is 16.5 Å². The summed E-state index contributed by atoms with van der Waals surface area (Å²) in [4.78, 5) is 29.2. The molecule has 10 heteroatoms. The molecular formula is C21H17N5O4S. The van der Waals surface area contributed by atoms with Crippen molar-refractivity contribution in [2.75, 3.05) is 24.4 Å². The molecule has 0 atom stereocenters. The van der Waals surface area contributed by atoms with Crippen LogP contribution in [0.5, 0.6) is 0 Å². The molecule has 2 aromatic carbocycles. The van der Waals surface area contributed by atoms with Gasteiger partial charge in [-0.1, -0.05) is 24.3 Å². The van der Waals surface area contributed by atoms with Gasteiger partial charge in [0.15, 0.2) is 0 Å². The van der Waals surface area contributed by atoms with Crippen molar-refractivity contribution in [3.8, 4) is 11.3 Å². The van der Waals surface area contributed by atoms with E-state index in [9.17, 15) is 14.9 Å². The van der Waals surface area contributed by atoms with Crippen molar-refractivity contribution in [3.63, 3.8) is 0 Å². The van der Waals surface area contributed by atoms with Crippen molar-refractivity contribution in [3.05, 3.63) is 80.0 Å². The lowest BCUT2D eigenvalue weighted by Gasteiger charge is -2.12. The van der Waals surface area contributed by atoms with E-state index in [0.29, 0.717) is 33.2 Å². The normalized spacial score (nSPS) is 11.2. The molecule has 31 heavy (non-hydrogen) atoms. The van der Waals surface area contributed by atoms with E-state index >= 15 is 0 Å². The van der Waals surface area contributed by atoms with Crippen molar-refractivity contribution in [2.24, 2.45) is 5.10 Å². The molecule has 4 rings (SSSR count). The number of aromatic nitrogens is 1. The van der Waals surface area contributed by atoms with E-state index in [-0.39, 0.29) is 5.69 Å². The molecule has 9 nitrogen and oxygen atoms in total. The van der Waals surface area contributed by atoms with E-state index in [1.165, 1.54) is 23.6 Å². The second-order valence-electron chi connectivity index (χ2n) is 6.79. The first-order valence-corrected chi connectivity index (χ1v) is 10.0. The molecule has 0 spiro atoms. The lowest BCUT2D eigenvalue weighted by atomic mass is 10.1. The molecule has 0 bridgehead atoms. The van der Waals surface area contributed by atoms with E-state index in [4.69, 9.17) is 4.42 Å². The first-order valence-electron chi connectivity index (χ1n) is 9.16. The molecule has 0 radical (unpaired) electrons. The van der Waals surface area contributed by atoms with Gasteiger partial charge in [0.2, 0.25) is 5.13 Å². The summed E-state index contributed by atoms with van der Waals surface area (Å²) in [5.74, 6) is 0. The van der Waals surface area contributed by atoms with Crippen molar-refractivity contribution in [1.29, 1.82) is 0 Å². The summed E-state index contributed by atoms with van der Waals surface area (Å²) in [6.07, 6.45) is 1.47. The minimum absolute atomic E-state index is 0.00601. The van der Waals surface area contributed by atoms with Crippen LogP contribution in [0.3, 0.4) is 0 Å². The first-order chi connectivity index (χ1) is 14.9. The molecule has 2 aromatic heterocycles. The van der Waals surface area contributed by atoms with E-state index in [1.807, 2.05) is 12.1 Å². The van der Waals surface area contributed by atoms with Crippen LogP contribution in [-0.2, 0) is 0 Å². The third-order valence-corrected chi connectivity index (χ3v) is 5.22. The van der Waals surface area contributed by atoms with Crippen LogP contribution in [0, 0.1) is 10.1 Å². The van der Waals surface area contributed by atoms with Crippen molar-refractivity contribution < 1.29 is 9.34 Å². The standard InChI is InChI=1S/C21H17N5O4S/c1-25(2)17-8-7-13(9-18(17)26(28)29)11-22-24-21-23-16(12-31-21)15-10-14-5-3-4-6-19(14)30-20(15)27/h3-12H,1-2H3,(H,23,24). The largest absolute Gasteiger partial charge is 0.422 e. The molecule has 1 N–H and O–H groups in total. The van der Waals surface area contributed by atoms with Crippen molar-refractivity contribution in [1.82, 2.24) is 4.98 Å². The molecule has 0 fully saturated rings. The van der Waals surface area contributed by atoms with Gasteiger partial charge in [0.05, 0.1) is 22.4 Å². The minimum atomic E-state index is -0.465. The maximum atomic E-state index is 12.3. The number of thiazole rings is 1. The SMILES string of the molecule is CN(C)c1ccc(C=NNc2nc(-c3cc4ccccc4oc3=O)cs2)cc1[N+](=O)[O-]. The second-order valence-corrected chi connectivity index (χ2v) is 7.65. The number of fused-ring (bicyclic) bond motifs is 1. The fraction of sp³-hybridized carbons (Fsp3) is 0.0952. The van der Waals surface area contributed by atoms with Gasteiger partial charge in [-0.15, -0.1) is 11.3 Å². The van der Waals surface area contributed by atoms with E-state index in [2.05, 4.69) is 15.5 Å².